The molecule has 68 heavy (non-hydrogen) atoms. The Morgan fingerprint density at radius 3 is 0.721 bits per heavy atom. The summed E-state index contributed by atoms with van der Waals surface area (Å²) in [6.45, 7) is 30.5. The van der Waals surface area contributed by atoms with Gasteiger partial charge in [-0.05, 0) is 210 Å². The highest BCUT2D eigenvalue weighted by molar-refractivity contribution is 7.67. The molecule has 0 saturated carbocycles. The van der Waals surface area contributed by atoms with E-state index in [9.17, 15) is 0 Å². The van der Waals surface area contributed by atoms with Gasteiger partial charge in [0.15, 0.2) is 0 Å². The highest BCUT2D eigenvalue weighted by atomic mass is 31.1. The molecule has 6 aromatic carbocycles. The zero-order chi connectivity index (χ0) is 48.5. The molecule has 1 aliphatic heterocycles. The highest BCUT2D eigenvalue weighted by Gasteiger charge is 2.28. The van der Waals surface area contributed by atoms with Gasteiger partial charge in [0.05, 0.1) is 0 Å². The number of nitrogens with zero attached hydrogens (tertiary/aromatic N) is 2. The monoisotopic (exact) mass is 979 g/mol. The molecule has 4 unspecified atom stereocenters. The van der Waals surface area contributed by atoms with Gasteiger partial charge in [0.2, 0.25) is 0 Å². The van der Waals surface area contributed by atoms with Crippen molar-refractivity contribution >= 4 is 52.9 Å². The Balaban J connectivity index is 1.34. The molecule has 1 aliphatic rings. The van der Waals surface area contributed by atoms with Gasteiger partial charge in [-0.25, -0.2) is 0 Å². The van der Waals surface area contributed by atoms with Gasteiger partial charge in [0, 0.05) is 38.2 Å². The Morgan fingerprint density at radius 2 is 0.515 bits per heavy atom. The van der Waals surface area contributed by atoms with Crippen LogP contribution in [-0.2, 0) is 13.1 Å². The van der Waals surface area contributed by atoms with Gasteiger partial charge >= 0.3 is 0 Å². The van der Waals surface area contributed by atoms with Gasteiger partial charge in [-0.15, -0.1) is 0 Å². The summed E-state index contributed by atoms with van der Waals surface area (Å²) in [4.78, 5) is 5.90. The summed E-state index contributed by atoms with van der Waals surface area (Å²) in [5.41, 5.74) is 20.5. The van der Waals surface area contributed by atoms with Crippen molar-refractivity contribution in [1.82, 2.24) is 9.80 Å². The van der Waals surface area contributed by atoms with E-state index in [0.29, 0.717) is 0 Å². The van der Waals surface area contributed by atoms with E-state index < -0.39 is 31.7 Å². The van der Waals surface area contributed by atoms with E-state index >= 15 is 0 Å². The van der Waals surface area contributed by atoms with Crippen LogP contribution in [0.1, 0.15) is 104 Å². The second kappa shape index (κ2) is 24.9. The first-order valence-electron chi connectivity index (χ1n) is 25.5. The van der Waals surface area contributed by atoms with Gasteiger partial charge < -0.3 is 0 Å². The van der Waals surface area contributed by atoms with E-state index in [4.69, 9.17) is 0 Å². The quantitative estimate of drug-likeness (QED) is 0.140. The molecular weight excluding hydrogens is 897 g/mol. The summed E-state index contributed by atoms with van der Waals surface area (Å²) in [5, 5.41) is 6.67. The fourth-order valence-corrected chi connectivity index (χ4v) is 23.8. The zero-order valence-electron chi connectivity index (χ0n) is 44.0. The first-order valence-corrected chi connectivity index (χ1v) is 32.3. The summed E-state index contributed by atoms with van der Waals surface area (Å²) in [7, 11) is -1.71. The predicted octanol–water partition coefficient (Wildman–Crippen LogP) is 15.3. The van der Waals surface area contributed by atoms with Crippen LogP contribution in [0.5, 0.6) is 0 Å². The van der Waals surface area contributed by atoms with Crippen LogP contribution in [0.15, 0.2) is 109 Å². The van der Waals surface area contributed by atoms with Crippen molar-refractivity contribution in [3.05, 3.63) is 187 Å². The maximum atomic E-state index is 2.95. The van der Waals surface area contributed by atoms with Gasteiger partial charge in [0.25, 0.3) is 0 Å². The first-order chi connectivity index (χ1) is 32.6. The van der Waals surface area contributed by atoms with Crippen LogP contribution in [0, 0.1) is 83.1 Å². The topological polar surface area (TPSA) is 6.48 Å². The Bertz CT molecular complexity index is 2190. The maximum Gasteiger partial charge on any atom is 0.0241 e. The summed E-state index contributed by atoms with van der Waals surface area (Å²) in [6.07, 6.45) is 14.9. The lowest BCUT2D eigenvalue weighted by atomic mass is 10.1. The minimum Gasteiger partial charge on any atom is -0.290 e. The second-order valence-corrected chi connectivity index (χ2v) is 29.7. The van der Waals surface area contributed by atoms with E-state index in [1.165, 1.54) is 128 Å². The lowest BCUT2D eigenvalue weighted by molar-refractivity contribution is 0.364. The van der Waals surface area contributed by atoms with Crippen LogP contribution >= 0.6 is 31.7 Å². The number of aryl methyl sites for hydroxylation is 12. The lowest BCUT2D eigenvalue weighted by Gasteiger charge is -2.35. The predicted molar refractivity (Wildman–Crippen MR) is 310 cm³/mol. The number of benzene rings is 6. The molecule has 6 aromatic rings. The van der Waals surface area contributed by atoms with Crippen molar-refractivity contribution in [3.8, 4) is 0 Å². The third-order valence-electron chi connectivity index (χ3n) is 14.0. The fraction of sp³-hybridized carbons (Fsp3) is 0.419. The molecular formula is C62H82N2P4. The Hall–Kier alpha value is -3.04. The molecule has 1 fully saturated rings. The van der Waals surface area contributed by atoms with Crippen LogP contribution in [0.2, 0.25) is 0 Å². The van der Waals surface area contributed by atoms with Crippen LogP contribution in [0.3, 0.4) is 0 Å². The molecule has 1 heterocycles. The molecule has 0 N–H and O–H groups in total. The maximum absolute atomic E-state index is 2.95. The van der Waals surface area contributed by atoms with Gasteiger partial charge in [0.1, 0.15) is 0 Å². The molecule has 0 aromatic heterocycles. The largest absolute Gasteiger partial charge is 0.290 e. The molecule has 2 nitrogen and oxygen atoms in total. The summed E-state index contributed by atoms with van der Waals surface area (Å²) < 4.78 is 0. The lowest BCUT2D eigenvalue weighted by Crippen LogP contribution is -2.31. The molecule has 0 radical (unpaired) electrons. The molecule has 0 spiro atoms. The van der Waals surface area contributed by atoms with E-state index in [2.05, 4.69) is 202 Å². The molecule has 4 atom stereocenters. The average Bonchev–Trinajstić information content (AvgIpc) is 3.25. The zero-order valence-corrected chi connectivity index (χ0v) is 47.6. The van der Waals surface area contributed by atoms with E-state index in [1.807, 2.05) is 0 Å². The molecule has 0 aliphatic carbocycles. The smallest absolute Gasteiger partial charge is 0.0241 e. The van der Waals surface area contributed by atoms with E-state index in [-0.39, 0.29) is 0 Å². The van der Waals surface area contributed by atoms with Crippen LogP contribution in [0.25, 0.3) is 0 Å². The average molecular weight is 979 g/mol. The minimum absolute atomic E-state index is 0.427. The van der Waals surface area contributed by atoms with Crippen LogP contribution in [0.4, 0.5) is 0 Å². The minimum atomic E-state index is -0.427. The van der Waals surface area contributed by atoms with Crippen molar-refractivity contribution in [1.29, 1.82) is 0 Å². The molecule has 360 valence electrons. The third kappa shape index (κ3) is 14.1. The second-order valence-electron chi connectivity index (χ2n) is 20.7. The normalized spacial score (nSPS) is 19.9. The van der Waals surface area contributed by atoms with Crippen LogP contribution < -0.4 is 21.2 Å². The summed E-state index contributed by atoms with van der Waals surface area (Å²) in [6, 6.07) is 42.6. The number of hydrogen-bond acceptors (Lipinski definition) is 2. The van der Waals surface area contributed by atoms with Crippen molar-refractivity contribution in [2.75, 3.05) is 49.8 Å². The SMILES string of the molecule is Cc1cc(C)c(P2CCCCP(c3c(C)cc(C)cc3C)CN(Cc3ccccc3)CP(c3c(C)cc(C)cc3C)CCCCP(c3c(C)cc(C)cc3C)CN(Cc3ccccc3)C2)c(C)c1. The van der Waals surface area contributed by atoms with Crippen LogP contribution in [-0.4, -0.2) is 59.6 Å². The first kappa shape index (κ1) is 52.8. The van der Waals surface area contributed by atoms with Crippen molar-refractivity contribution < 1.29 is 0 Å². The molecule has 7 rings (SSSR count). The van der Waals surface area contributed by atoms with Crippen molar-refractivity contribution in [2.45, 2.75) is 122 Å². The Labute approximate surface area is 419 Å². The molecule has 6 heteroatoms. The van der Waals surface area contributed by atoms with Gasteiger partial charge in [-0.3, -0.25) is 9.80 Å². The van der Waals surface area contributed by atoms with Gasteiger partial charge in [-0.1, -0.05) is 163 Å². The Morgan fingerprint density at radius 1 is 0.309 bits per heavy atom. The molecule has 0 amide bonds. The van der Waals surface area contributed by atoms with Crippen molar-refractivity contribution in [2.24, 2.45) is 0 Å². The summed E-state index contributed by atoms with van der Waals surface area (Å²) >= 11 is 0. The van der Waals surface area contributed by atoms with E-state index in [1.54, 1.807) is 21.2 Å². The third-order valence-corrected chi connectivity index (χ3v) is 25.7. The molecule has 0 bridgehead atoms. The molecule has 1 saturated heterocycles. The Kier molecular flexibility index (Phi) is 19.3. The summed E-state index contributed by atoms with van der Waals surface area (Å²) in [5.74, 6) is 0. The van der Waals surface area contributed by atoms with E-state index in [0.717, 1.165) is 38.2 Å². The highest BCUT2D eigenvalue weighted by Crippen LogP contribution is 2.48. The number of hydrogen-bond donors (Lipinski definition) is 0. The fourth-order valence-electron chi connectivity index (χ4n) is 11.8. The van der Waals surface area contributed by atoms with Crippen molar-refractivity contribution in [3.63, 3.8) is 0 Å². The standard InChI is InChI=1S/C62H82N2P4/c1-45-31-49(5)59(50(6)32-45)65-27-19-20-28-67(61-53(9)35-47(3)36-54(61)10)43-64(40-58-25-17-14-18-26-58)44-68(62-55(11)37-48(4)38-56(62)12)30-22-21-29-66(60-51(7)33-46(2)34-52(60)8)42-63(41-65)39-57-23-15-13-16-24-57/h13-18,23-26,31-38H,19-22,27-30,39-44H2,1-12H3. The number of rotatable bonds is 8. The van der Waals surface area contributed by atoms with Gasteiger partial charge in [-0.2, -0.15) is 0 Å².